The van der Waals surface area contributed by atoms with E-state index in [4.69, 9.17) is 0 Å². The lowest BCUT2D eigenvalue weighted by atomic mass is 10.4. The number of hydrogen-bond donors (Lipinski definition) is 0. The van der Waals surface area contributed by atoms with Gasteiger partial charge in [-0.1, -0.05) is 24.3 Å². The van der Waals surface area contributed by atoms with E-state index in [1.807, 2.05) is 0 Å². The summed E-state index contributed by atoms with van der Waals surface area (Å²) in [5.74, 6) is -0.602. The topological polar surface area (TPSA) is 70.1 Å². The number of carbonyl (C=O) groups is 1. The molecule has 1 heterocycles. The second-order valence-electron chi connectivity index (χ2n) is 4.86. The summed E-state index contributed by atoms with van der Waals surface area (Å²) < 4.78 is 26.3. The number of amides is 1. The zero-order chi connectivity index (χ0) is 17.0. The Balaban J connectivity index is 2.52. The molecule has 8 heteroatoms. The Kier molecular flexibility index (Phi) is 5.27. The number of rotatable bonds is 5. The van der Waals surface area contributed by atoms with Crippen molar-refractivity contribution in [3.05, 3.63) is 54.1 Å². The summed E-state index contributed by atoms with van der Waals surface area (Å²) in [5.41, 5.74) is 0. The van der Waals surface area contributed by atoms with E-state index in [2.05, 4.69) is 11.6 Å². The molecule has 0 radical (unpaired) electrons. The maximum absolute atomic E-state index is 12.8. The molecule has 1 aromatic rings. The molecule has 1 aliphatic heterocycles. The van der Waals surface area contributed by atoms with Crippen molar-refractivity contribution < 1.29 is 13.2 Å². The van der Waals surface area contributed by atoms with E-state index in [-0.39, 0.29) is 16.6 Å². The van der Waals surface area contributed by atoms with Crippen LogP contribution in [0.4, 0.5) is 0 Å². The third kappa shape index (κ3) is 3.65. The minimum absolute atomic E-state index is 0.0476. The molecule has 1 amide bonds. The van der Waals surface area contributed by atoms with Crippen LogP contribution in [0.3, 0.4) is 0 Å². The Morgan fingerprint density at radius 1 is 1.30 bits per heavy atom. The second kappa shape index (κ2) is 7.01. The summed E-state index contributed by atoms with van der Waals surface area (Å²) in [4.78, 5) is 18.7. The third-order valence-corrected chi connectivity index (χ3v) is 5.58. The summed E-state index contributed by atoms with van der Waals surface area (Å²) in [7, 11) is -0.478. The minimum Gasteiger partial charge on any atom is -0.382 e. The lowest BCUT2D eigenvalue weighted by Crippen LogP contribution is -2.35. The number of aliphatic imine (C=N–C) groups is 1. The highest BCUT2D eigenvalue weighted by molar-refractivity contribution is 8.19. The molecule has 0 N–H and O–H groups in total. The number of sulfonamides is 1. The van der Waals surface area contributed by atoms with Crippen LogP contribution in [0.15, 0.2) is 64.0 Å². The Morgan fingerprint density at radius 3 is 2.52 bits per heavy atom. The van der Waals surface area contributed by atoms with E-state index in [0.717, 1.165) is 16.1 Å². The van der Waals surface area contributed by atoms with Gasteiger partial charge < -0.3 is 4.90 Å². The Morgan fingerprint density at radius 2 is 1.96 bits per heavy atom. The van der Waals surface area contributed by atoms with Gasteiger partial charge in [0.15, 0.2) is 5.17 Å². The maximum atomic E-state index is 12.8. The van der Waals surface area contributed by atoms with Gasteiger partial charge in [-0.3, -0.25) is 9.79 Å². The molecule has 0 aromatic heterocycles. The fourth-order valence-electron chi connectivity index (χ4n) is 1.84. The van der Waals surface area contributed by atoms with E-state index >= 15 is 0 Å². The number of amidine groups is 1. The average molecular weight is 351 g/mol. The van der Waals surface area contributed by atoms with Gasteiger partial charge in [0.2, 0.25) is 0 Å². The molecule has 1 saturated heterocycles. The molecule has 0 saturated carbocycles. The number of hydrogen-bond acceptors (Lipinski definition) is 6. The van der Waals surface area contributed by atoms with Crippen molar-refractivity contribution in [1.29, 1.82) is 0 Å². The van der Waals surface area contributed by atoms with Crippen molar-refractivity contribution in [1.82, 2.24) is 9.21 Å². The molecule has 122 valence electrons. The molecule has 1 fully saturated rings. The lowest BCUT2D eigenvalue weighted by molar-refractivity contribution is -0.119. The Hall–Kier alpha value is -2.06. The first kappa shape index (κ1) is 17.3. The van der Waals surface area contributed by atoms with Crippen molar-refractivity contribution in [3.8, 4) is 0 Å². The summed E-state index contributed by atoms with van der Waals surface area (Å²) >= 11 is 1.04. The van der Waals surface area contributed by atoms with Crippen molar-refractivity contribution in [2.24, 2.45) is 4.99 Å². The van der Waals surface area contributed by atoms with Gasteiger partial charge in [0.05, 0.1) is 16.3 Å². The number of thioether (sulfide) groups is 1. The quantitative estimate of drug-likeness (QED) is 0.598. The second-order valence-corrected chi connectivity index (χ2v) is 7.65. The van der Waals surface area contributed by atoms with Crippen LogP contribution < -0.4 is 0 Å². The summed E-state index contributed by atoms with van der Waals surface area (Å²) in [5, 5.41) is 0.131. The molecule has 2 rings (SSSR count). The highest BCUT2D eigenvalue weighted by Crippen LogP contribution is 2.35. The normalized spacial score (nSPS) is 18.7. The summed E-state index contributed by atoms with van der Waals surface area (Å²) in [6, 6.07) is 7.83. The predicted octanol–water partition coefficient (Wildman–Crippen LogP) is 1.90. The van der Waals surface area contributed by atoms with E-state index in [1.165, 1.54) is 12.1 Å². The van der Waals surface area contributed by atoms with Gasteiger partial charge in [0.25, 0.3) is 15.9 Å². The molecule has 0 bridgehead atoms. The molecule has 0 atom stereocenters. The van der Waals surface area contributed by atoms with E-state index in [1.54, 1.807) is 49.5 Å². The molecule has 0 spiro atoms. The molecule has 1 aromatic carbocycles. The van der Waals surface area contributed by atoms with Crippen LogP contribution in [-0.2, 0) is 14.8 Å². The highest BCUT2D eigenvalue weighted by Gasteiger charge is 2.42. The van der Waals surface area contributed by atoms with Crippen LogP contribution in [0.2, 0.25) is 0 Å². The van der Waals surface area contributed by atoms with Crippen molar-refractivity contribution in [3.63, 3.8) is 0 Å². The smallest absolute Gasteiger partial charge is 0.282 e. The molecule has 1 aliphatic rings. The average Bonchev–Trinajstić information content (AvgIpc) is 2.82. The monoisotopic (exact) mass is 351 g/mol. The van der Waals surface area contributed by atoms with E-state index in [0.29, 0.717) is 4.91 Å². The standard InChI is InChI=1S/C15H17N3O3S2/c1-4-10-16-15-18(14(19)13(22-15)11-17(2)3)23(20,21)12-8-6-5-7-9-12/h4-9,11H,1,10H2,2-3H3. The lowest BCUT2D eigenvalue weighted by Gasteiger charge is -2.15. The van der Waals surface area contributed by atoms with Gasteiger partial charge in [-0.05, 0) is 23.9 Å². The first-order valence-electron chi connectivity index (χ1n) is 6.74. The maximum Gasteiger partial charge on any atom is 0.282 e. The highest BCUT2D eigenvalue weighted by atomic mass is 32.2. The zero-order valence-electron chi connectivity index (χ0n) is 12.8. The molecular formula is C15H17N3O3S2. The van der Waals surface area contributed by atoms with Crippen LogP contribution in [0.25, 0.3) is 0 Å². The molecule has 0 aliphatic carbocycles. The Labute approximate surface area is 140 Å². The molecule has 23 heavy (non-hydrogen) atoms. The minimum atomic E-state index is -4.00. The van der Waals surface area contributed by atoms with Gasteiger partial charge in [-0.25, -0.2) is 8.42 Å². The number of nitrogens with zero attached hydrogens (tertiary/aromatic N) is 3. The van der Waals surface area contributed by atoms with Crippen molar-refractivity contribution in [2.45, 2.75) is 4.90 Å². The Bertz CT molecular complexity index is 768. The van der Waals surface area contributed by atoms with E-state index < -0.39 is 15.9 Å². The van der Waals surface area contributed by atoms with Gasteiger partial charge >= 0.3 is 0 Å². The SMILES string of the molecule is C=CCN=C1SC(=CN(C)C)C(=O)N1S(=O)(=O)c1ccccc1. The van der Waals surface area contributed by atoms with Crippen LogP contribution in [-0.4, -0.2) is 49.3 Å². The summed E-state index contributed by atoms with van der Waals surface area (Å²) in [6.07, 6.45) is 3.12. The zero-order valence-corrected chi connectivity index (χ0v) is 14.5. The van der Waals surface area contributed by atoms with Crippen LogP contribution in [0.5, 0.6) is 0 Å². The van der Waals surface area contributed by atoms with Crippen LogP contribution in [0.1, 0.15) is 0 Å². The van der Waals surface area contributed by atoms with Crippen molar-refractivity contribution >= 4 is 32.9 Å². The first-order chi connectivity index (χ1) is 10.9. The molecular weight excluding hydrogens is 334 g/mol. The van der Waals surface area contributed by atoms with Gasteiger partial charge in [0, 0.05) is 20.3 Å². The first-order valence-corrected chi connectivity index (χ1v) is 8.99. The predicted molar refractivity (Wildman–Crippen MR) is 92.3 cm³/mol. The fraction of sp³-hybridized carbons (Fsp3) is 0.200. The summed E-state index contributed by atoms with van der Waals surface area (Å²) in [6.45, 7) is 3.79. The number of benzene rings is 1. The van der Waals surface area contributed by atoms with Gasteiger partial charge in [0.1, 0.15) is 0 Å². The van der Waals surface area contributed by atoms with Crippen molar-refractivity contribution in [2.75, 3.05) is 20.6 Å². The third-order valence-electron chi connectivity index (χ3n) is 2.78. The van der Waals surface area contributed by atoms with Crippen LogP contribution in [0, 0.1) is 0 Å². The van der Waals surface area contributed by atoms with Crippen LogP contribution >= 0.6 is 11.8 Å². The fourth-order valence-corrected chi connectivity index (χ4v) is 4.54. The molecule has 0 unspecified atom stereocenters. The number of carbonyl (C=O) groups excluding carboxylic acids is 1. The largest absolute Gasteiger partial charge is 0.382 e. The molecule has 6 nitrogen and oxygen atoms in total. The van der Waals surface area contributed by atoms with E-state index in [9.17, 15) is 13.2 Å². The van der Waals surface area contributed by atoms with Gasteiger partial charge in [-0.2, -0.15) is 4.31 Å². The van der Waals surface area contributed by atoms with Gasteiger partial charge in [-0.15, -0.1) is 6.58 Å².